The van der Waals surface area contributed by atoms with E-state index in [0.29, 0.717) is 5.41 Å². The van der Waals surface area contributed by atoms with Crippen LogP contribution in [0.3, 0.4) is 0 Å². The largest absolute Gasteiger partial charge is 0.306 e. The summed E-state index contributed by atoms with van der Waals surface area (Å²) in [6.45, 7) is 17.5. The number of rotatable bonds is 6. The first-order valence-electron chi connectivity index (χ1n) is 7.58. The highest BCUT2D eigenvalue weighted by Gasteiger charge is 2.25. The standard InChI is InChI=1S/C16H30BrN3/c1-8-12-14(17)13(20(9-2)19-12)10-18-16(6,7)11-15(3,4)5/h18H,8-11H2,1-7H3. The molecule has 1 aromatic rings. The van der Waals surface area contributed by atoms with Crippen LogP contribution in [-0.2, 0) is 19.5 Å². The zero-order chi connectivity index (χ0) is 15.6. The second kappa shape index (κ2) is 6.61. The van der Waals surface area contributed by atoms with Crippen molar-refractivity contribution in [2.75, 3.05) is 0 Å². The van der Waals surface area contributed by atoms with Crippen LogP contribution >= 0.6 is 15.9 Å². The van der Waals surface area contributed by atoms with Crippen molar-refractivity contribution in [3.8, 4) is 0 Å². The summed E-state index contributed by atoms with van der Waals surface area (Å²) in [6, 6.07) is 0. The number of aromatic nitrogens is 2. The van der Waals surface area contributed by atoms with Crippen LogP contribution in [0.5, 0.6) is 0 Å². The summed E-state index contributed by atoms with van der Waals surface area (Å²) >= 11 is 3.71. The van der Waals surface area contributed by atoms with Crippen LogP contribution in [0, 0.1) is 5.41 Å². The molecule has 0 aliphatic heterocycles. The molecular weight excluding hydrogens is 314 g/mol. The van der Waals surface area contributed by atoms with Crippen molar-refractivity contribution in [2.24, 2.45) is 5.41 Å². The lowest BCUT2D eigenvalue weighted by Crippen LogP contribution is -2.42. The van der Waals surface area contributed by atoms with E-state index < -0.39 is 0 Å². The lowest BCUT2D eigenvalue weighted by atomic mass is 9.82. The molecule has 116 valence electrons. The molecule has 0 atom stereocenters. The Hall–Kier alpha value is -0.350. The highest BCUT2D eigenvalue weighted by atomic mass is 79.9. The van der Waals surface area contributed by atoms with E-state index in [1.165, 1.54) is 10.2 Å². The summed E-state index contributed by atoms with van der Waals surface area (Å²) in [7, 11) is 0. The highest BCUT2D eigenvalue weighted by molar-refractivity contribution is 9.10. The SMILES string of the molecule is CCc1nn(CC)c(CNC(C)(C)CC(C)(C)C)c1Br. The van der Waals surface area contributed by atoms with Crippen molar-refractivity contribution < 1.29 is 0 Å². The van der Waals surface area contributed by atoms with Crippen molar-refractivity contribution in [3.63, 3.8) is 0 Å². The predicted octanol–water partition coefficient (Wildman–Crippen LogP) is 4.53. The molecule has 0 bridgehead atoms. The summed E-state index contributed by atoms with van der Waals surface area (Å²) in [5.41, 5.74) is 2.85. The van der Waals surface area contributed by atoms with Gasteiger partial charge in [-0.3, -0.25) is 4.68 Å². The molecule has 0 saturated carbocycles. The Morgan fingerprint density at radius 3 is 2.20 bits per heavy atom. The third-order valence-electron chi connectivity index (χ3n) is 3.40. The molecule has 0 unspecified atom stereocenters. The van der Waals surface area contributed by atoms with Gasteiger partial charge in [-0.25, -0.2) is 0 Å². The summed E-state index contributed by atoms with van der Waals surface area (Å²) < 4.78 is 3.27. The van der Waals surface area contributed by atoms with Gasteiger partial charge in [0.25, 0.3) is 0 Å². The van der Waals surface area contributed by atoms with Crippen LogP contribution in [0.1, 0.15) is 66.3 Å². The van der Waals surface area contributed by atoms with Crippen LogP contribution in [0.2, 0.25) is 0 Å². The first-order valence-corrected chi connectivity index (χ1v) is 8.38. The van der Waals surface area contributed by atoms with Gasteiger partial charge >= 0.3 is 0 Å². The van der Waals surface area contributed by atoms with Gasteiger partial charge < -0.3 is 5.32 Å². The minimum absolute atomic E-state index is 0.118. The van der Waals surface area contributed by atoms with Gasteiger partial charge in [-0.1, -0.05) is 27.7 Å². The third kappa shape index (κ3) is 4.88. The average Bonchev–Trinajstić information content (AvgIpc) is 2.59. The molecule has 4 heteroatoms. The Morgan fingerprint density at radius 2 is 1.75 bits per heavy atom. The monoisotopic (exact) mass is 343 g/mol. The minimum Gasteiger partial charge on any atom is -0.306 e. The van der Waals surface area contributed by atoms with E-state index in [1.54, 1.807) is 0 Å². The molecule has 0 aromatic carbocycles. The Morgan fingerprint density at radius 1 is 1.15 bits per heavy atom. The fourth-order valence-electron chi connectivity index (χ4n) is 2.90. The van der Waals surface area contributed by atoms with Gasteiger partial charge in [0.15, 0.2) is 0 Å². The fraction of sp³-hybridized carbons (Fsp3) is 0.812. The van der Waals surface area contributed by atoms with Crippen LogP contribution in [-0.4, -0.2) is 15.3 Å². The molecule has 0 fully saturated rings. The van der Waals surface area contributed by atoms with E-state index in [2.05, 4.69) is 79.5 Å². The van der Waals surface area contributed by atoms with Crippen LogP contribution in [0.25, 0.3) is 0 Å². The van der Waals surface area contributed by atoms with Crippen molar-refractivity contribution in [1.29, 1.82) is 0 Å². The zero-order valence-electron chi connectivity index (χ0n) is 14.1. The number of hydrogen-bond donors (Lipinski definition) is 1. The molecule has 1 aromatic heterocycles. The highest BCUT2D eigenvalue weighted by Crippen LogP contribution is 2.28. The van der Waals surface area contributed by atoms with E-state index in [9.17, 15) is 0 Å². The topological polar surface area (TPSA) is 29.9 Å². The van der Waals surface area contributed by atoms with Crippen molar-refractivity contribution >= 4 is 15.9 Å². The van der Waals surface area contributed by atoms with E-state index in [0.717, 1.165) is 31.6 Å². The quantitative estimate of drug-likeness (QED) is 0.821. The van der Waals surface area contributed by atoms with E-state index in [1.807, 2.05) is 0 Å². The van der Waals surface area contributed by atoms with Crippen molar-refractivity contribution in [1.82, 2.24) is 15.1 Å². The molecule has 0 spiro atoms. The first kappa shape index (κ1) is 17.7. The Kier molecular flexibility index (Phi) is 5.85. The van der Waals surface area contributed by atoms with Gasteiger partial charge in [-0.05, 0) is 55.0 Å². The first-order chi connectivity index (χ1) is 9.09. The number of hydrogen-bond acceptors (Lipinski definition) is 2. The van der Waals surface area contributed by atoms with E-state index in [-0.39, 0.29) is 5.54 Å². The molecule has 0 aliphatic rings. The van der Waals surface area contributed by atoms with Gasteiger partial charge in [0, 0.05) is 18.6 Å². The van der Waals surface area contributed by atoms with Crippen molar-refractivity contribution in [2.45, 2.75) is 79.9 Å². The molecular formula is C16H30BrN3. The number of nitrogens with zero attached hydrogens (tertiary/aromatic N) is 2. The summed E-state index contributed by atoms with van der Waals surface area (Å²) in [5.74, 6) is 0. The Bertz CT molecular complexity index is 441. The Labute approximate surface area is 132 Å². The lowest BCUT2D eigenvalue weighted by Gasteiger charge is -2.33. The maximum Gasteiger partial charge on any atom is 0.0767 e. The molecule has 3 nitrogen and oxygen atoms in total. The number of halogens is 1. The number of aryl methyl sites for hydroxylation is 2. The number of nitrogens with one attached hydrogen (secondary N) is 1. The second-order valence-corrected chi connectivity index (χ2v) is 8.14. The maximum absolute atomic E-state index is 4.65. The molecule has 20 heavy (non-hydrogen) atoms. The van der Waals surface area contributed by atoms with Crippen LogP contribution in [0.4, 0.5) is 0 Å². The van der Waals surface area contributed by atoms with E-state index >= 15 is 0 Å². The average molecular weight is 344 g/mol. The van der Waals surface area contributed by atoms with Crippen LogP contribution in [0.15, 0.2) is 4.47 Å². The van der Waals surface area contributed by atoms with Gasteiger partial charge in [0.05, 0.1) is 15.9 Å². The zero-order valence-corrected chi connectivity index (χ0v) is 15.7. The van der Waals surface area contributed by atoms with Crippen LogP contribution < -0.4 is 5.32 Å². The molecule has 1 N–H and O–H groups in total. The van der Waals surface area contributed by atoms with Gasteiger partial charge in [0.1, 0.15) is 0 Å². The molecule has 1 heterocycles. The maximum atomic E-state index is 4.65. The summed E-state index contributed by atoms with van der Waals surface area (Å²) in [6.07, 6.45) is 2.10. The molecule has 1 rings (SSSR count). The van der Waals surface area contributed by atoms with Gasteiger partial charge in [-0.2, -0.15) is 5.10 Å². The second-order valence-electron chi connectivity index (χ2n) is 7.35. The smallest absolute Gasteiger partial charge is 0.0767 e. The normalized spacial score (nSPS) is 13.0. The summed E-state index contributed by atoms with van der Waals surface area (Å²) in [4.78, 5) is 0. The molecule has 0 saturated heterocycles. The fourth-order valence-corrected chi connectivity index (χ4v) is 3.60. The Balaban J connectivity index is 2.81. The molecule has 0 radical (unpaired) electrons. The summed E-state index contributed by atoms with van der Waals surface area (Å²) in [5, 5.41) is 8.35. The van der Waals surface area contributed by atoms with E-state index in [4.69, 9.17) is 0 Å². The molecule has 0 amide bonds. The van der Waals surface area contributed by atoms with Gasteiger partial charge in [0.2, 0.25) is 0 Å². The van der Waals surface area contributed by atoms with Crippen molar-refractivity contribution in [3.05, 3.63) is 15.9 Å². The minimum atomic E-state index is 0.118. The predicted molar refractivity (Wildman–Crippen MR) is 90.0 cm³/mol. The third-order valence-corrected chi connectivity index (χ3v) is 4.32. The molecule has 0 aliphatic carbocycles. The van der Waals surface area contributed by atoms with Gasteiger partial charge in [-0.15, -0.1) is 0 Å². The lowest BCUT2D eigenvalue weighted by molar-refractivity contribution is 0.239.